The monoisotopic (exact) mass is 384 g/mol. The van der Waals surface area contributed by atoms with Crippen molar-refractivity contribution in [2.24, 2.45) is 0 Å². The van der Waals surface area contributed by atoms with Crippen molar-refractivity contribution < 1.29 is 19.0 Å². The van der Waals surface area contributed by atoms with Gasteiger partial charge in [-0.25, -0.2) is 0 Å². The van der Waals surface area contributed by atoms with Crippen molar-refractivity contribution in [2.45, 2.75) is 19.3 Å². The Labute approximate surface area is 166 Å². The van der Waals surface area contributed by atoms with Gasteiger partial charge in [-0.2, -0.15) is 0 Å². The Morgan fingerprint density at radius 1 is 1.14 bits per heavy atom. The second kappa shape index (κ2) is 9.46. The van der Waals surface area contributed by atoms with Gasteiger partial charge in [0.15, 0.2) is 0 Å². The maximum atomic E-state index is 12.7. The molecular formula is C22H28N2O4. The van der Waals surface area contributed by atoms with Crippen LogP contribution in [-0.2, 0) is 9.53 Å². The Hall–Kier alpha value is -2.73. The minimum Gasteiger partial charge on any atom is -0.497 e. The van der Waals surface area contributed by atoms with Gasteiger partial charge in [-0.05, 0) is 29.7 Å². The SMILES string of the molecule is COc1ccc(C(C)CC(=O)Nc2ccccc2N2CCOCC2)c(OC)c1. The van der Waals surface area contributed by atoms with Gasteiger partial charge in [0.2, 0.25) is 5.91 Å². The molecule has 2 aromatic carbocycles. The van der Waals surface area contributed by atoms with E-state index in [1.165, 1.54) is 0 Å². The molecule has 1 aliphatic rings. The Kier molecular flexibility index (Phi) is 6.76. The third-order valence-electron chi connectivity index (χ3n) is 4.99. The second-order valence-corrected chi connectivity index (χ2v) is 6.88. The van der Waals surface area contributed by atoms with Gasteiger partial charge in [-0.3, -0.25) is 4.79 Å². The highest BCUT2D eigenvalue weighted by atomic mass is 16.5. The van der Waals surface area contributed by atoms with Gasteiger partial charge in [0.05, 0.1) is 38.8 Å². The van der Waals surface area contributed by atoms with E-state index in [0.29, 0.717) is 19.6 Å². The number of carbonyl (C=O) groups is 1. The molecule has 1 unspecified atom stereocenters. The van der Waals surface area contributed by atoms with Crippen LogP contribution in [0.2, 0.25) is 0 Å². The molecule has 0 aliphatic carbocycles. The average Bonchev–Trinajstić information content (AvgIpc) is 2.74. The topological polar surface area (TPSA) is 60.0 Å². The number of nitrogens with one attached hydrogen (secondary N) is 1. The van der Waals surface area contributed by atoms with Crippen LogP contribution in [-0.4, -0.2) is 46.4 Å². The molecule has 1 fully saturated rings. The standard InChI is InChI=1S/C22H28N2O4/c1-16(18-9-8-17(26-2)15-21(18)27-3)14-22(25)23-19-6-4-5-7-20(19)24-10-12-28-13-11-24/h4-9,15-16H,10-14H2,1-3H3,(H,23,25). The Morgan fingerprint density at radius 2 is 1.89 bits per heavy atom. The molecule has 150 valence electrons. The van der Waals surface area contributed by atoms with Gasteiger partial charge in [-0.1, -0.05) is 25.1 Å². The first kappa shape index (κ1) is 20.0. The molecule has 1 saturated heterocycles. The molecule has 0 aromatic heterocycles. The van der Waals surface area contributed by atoms with Gasteiger partial charge < -0.3 is 24.4 Å². The fourth-order valence-corrected chi connectivity index (χ4v) is 3.47. The number of hydrogen-bond donors (Lipinski definition) is 1. The second-order valence-electron chi connectivity index (χ2n) is 6.88. The number of ether oxygens (including phenoxy) is 3. The lowest BCUT2D eigenvalue weighted by molar-refractivity contribution is -0.116. The van der Waals surface area contributed by atoms with E-state index in [-0.39, 0.29) is 11.8 Å². The van der Waals surface area contributed by atoms with Gasteiger partial charge in [-0.15, -0.1) is 0 Å². The molecule has 28 heavy (non-hydrogen) atoms. The van der Waals surface area contributed by atoms with E-state index >= 15 is 0 Å². The first-order chi connectivity index (χ1) is 13.6. The Bertz CT molecular complexity index is 803. The van der Waals surface area contributed by atoms with Crippen molar-refractivity contribution in [1.29, 1.82) is 0 Å². The van der Waals surface area contributed by atoms with Crippen LogP contribution in [0.4, 0.5) is 11.4 Å². The van der Waals surface area contributed by atoms with E-state index in [1.807, 2.05) is 49.4 Å². The summed E-state index contributed by atoms with van der Waals surface area (Å²) in [5.41, 5.74) is 2.86. The largest absolute Gasteiger partial charge is 0.497 e. The third kappa shape index (κ3) is 4.75. The molecule has 2 aromatic rings. The molecular weight excluding hydrogens is 356 g/mol. The highest BCUT2D eigenvalue weighted by Crippen LogP contribution is 2.33. The molecule has 1 amide bonds. The smallest absolute Gasteiger partial charge is 0.225 e. The number of carbonyl (C=O) groups excluding carboxylic acids is 1. The van der Waals surface area contributed by atoms with Gasteiger partial charge in [0, 0.05) is 25.6 Å². The van der Waals surface area contributed by atoms with E-state index in [9.17, 15) is 4.79 Å². The molecule has 0 bridgehead atoms. The summed E-state index contributed by atoms with van der Waals surface area (Å²) < 4.78 is 16.2. The Balaban J connectivity index is 1.69. The molecule has 3 rings (SSSR count). The summed E-state index contributed by atoms with van der Waals surface area (Å²) in [6.45, 7) is 5.09. The number of hydrogen-bond acceptors (Lipinski definition) is 5. The zero-order valence-electron chi connectivity index (χ0n) is 16.7. The van der Waals surface area contributed by atoms with Gasteiger partial charge in [0.25, 0.3) is 0 Å². The molecule has 0 spiro atoms. The fourth-order valence-electron chi connectivity index (χ4n) is 3.47. The van der Waals surface area contributed by atoms with Crippen LogP contribution in [0.1, 0.15) is 24.8 Å². The van der Waals surface area contributed by atoms with E-state index in [1.54, 1.807) is 14.2 Å². The summed E-state index contributed by atoms with van der Waals surface area (Å²) in [5.74, 6) is 1.45. The highest BCUT2D eigenvalue weighted by molar-refractivity contribution is 5.94. The Morgan fingerprint density at radius 3 is 2.61 bits per heavy atom. The molecule has 1 atom stereocenters. The predicted molar refractivity (Wildman–Crippen MR) is 111 cm³/mol. The summed E-state index contributed by atoms with van der Waals surface area (Å²) >= 11 is 0. The first-order valence-corrected chi connectivity index (χ1v) is 9.56. The lowest BCUT2D eigenvalue weighted by Crippen LogP contribution is -2.36. The van der Waals surface area contributed by atoms with Crippen molar-refractivity contribution in [1.82, 2.24) is 0 Å². The average molecular weight is 384 g/mol. The molecule has 6 heteroatoms. The lowest BCUT2D eigenvalue weighted by atomic mass is 9.96. The lowest BCUT2D eigenvalue weighted by Gasteiger charge is -2.30. The van der Waals surface area contributed by atoms with Crippen LogP contribution in [0.3, 0.4) is 0 Å². The van der Waals surface area contributed by atoms with Gasteiger partial charge >= 0.3 is 0 Å². The minimum absolute atomic E-state index is 0.0106. The van der Waals surface area contributed by atoms with Crippen molar-refractivity contribution >= 4 is 17.3 Å². The van der Waals surface area contributed by atoms with Crippen LogP contribution >= 0.6 is 0 Å². The third-order valence-corrected chi connectivity index (χ3v) is 4.99. The molecule has 6 nitrogen and oxygen atoms in total. The first-order valence-electron chi connectivity index (χ1n) is 9.56. The number of methoxy groups -OCH3 is 2. The number of nitrogens with zero attached hydrogens (tertiary/aromatic N) is 1. The van der Waals surface area contributed by atoms with Gasteiger partial charge in [0.1, 0.15) is 11.5 Å². The summed E-state index contributed by atoms with van der Waals surface area (Å²) in [7, 11) is 3.25. The highest BCUT2D eigenvalue weighted by Gasteiger charge is 2.19. The number of para-hydroxylation sites is 2. The zero-order chi connectivity index (χ0) is 19.9. The molecule has 1 N–H and O–H groups in total. The van der Waals surface area contributed by atoms with Crippen molar-refractivity contribution in [3.63, 3.8) is 0 Å². The minimum atomic E-state index is -0.0221. The zero-order valence-corrected chi connectivity index (χ0v) is 16.7. The number of rotatable bonds is 7. The molecule has 0 radical (unpaired) electrons. The van der Waals surface area contributed by atoms with Crippen LogP contribution < -0.4 is 19.7 Å². The quantitative estimate of drug-likeness (QED) is 0.789. The maximum absolute atomic E-state index is 12.7. The summed E-state index contributed by atoms with van der Waals surface area (Å²) in [5, 5.41) is 3.08. The maximum Gasteiger partial charge on any atom is 0.225 e. The van der Waals surface area contributed by atoms with Crippen LogP contribution in [0.15, 0.2) is 42.5 Å². The predicted octanol–water partition coefficient (Wildman–Crippen LogP) is 3.67. The normalized spacial score (nSPS) is 15.0. The summed E-state index contributed by atoms with van der Waals surface area (Å²) in [6, 6.07) is 13.6. The summed E-state index contributed by atoms with van der Waals surface area (Å²) in [4.78, 5) is 15.0. The van der Waals surface area contributed by atoms with E-state index in [0.717, 1.165) is 41.5 Å². The van der Waals surface area contributed by atoms with Crippen LogP contribution in [0, 0.1) is 0 Å². The molecule has 1 aliphatic heterocycles. The van der Waals surface area contributed by atoms with E-state index < -0.39 is 0 Å². The number of benzene rings is 2. The fraction of sp³-hybridized carbons (Fsp3) is 0.409. The van der Waals surface area contributed by atoms with E-state index in [2.05, 4.69) is 10.2 Å². The number of morpholine rings is 1. The van der Waals surface area contributed by atoms with Crippen LogP contribution in [0.25, 0.3) is 0 Å². The van der Waals surface area contributed by atoms with Crippen LogP contribution in [0.5, 0.6) is 11.5 Å². The number of amides is 1. The molecule has 0 saturated carbocycles. The molecule has 1 heterocycles. The van der Waals surface area contributed by atoms with Crippen molar-refractivity contribution in [3.8, 4) is 11.5 Å². The van der Waals surface area contributed by atoms with E-state index in [4.69, 9.17) is 14.2 Å². The van der Waals surface area contributed by atoms with Crippen molar-refractivity contribution in [3.05, 3.63) is 48.0 Å². The summed E-state index contributed by atoms with van der Waals surface area (Å²) in [6.07, 6.45) is 0.361. The number of anilines is 2. The van der Waals surface area contributed by atoms with Crippen molar-refractivity contribution in [2.75, 3.05) is 50.7 Å².